The smallest absolute Gasteiger partial charge is 0.244 e. The quantitative estimate of drug-likeness (QED) is 0.805. The highest BCUT2D eigenvalue weighted by molar-refractivity contribution is 7.89. The van der Waals surface area contributed by atoms with Gasteiger partial charge >= 0.3 is 0 Å². The summed E-state index contributed by atoms with van der Waals surface area (Å²) < 4.78 is 26.7. The number of sulfonamides is 1. The average molecular weight is 269 g/mol. The Balaban J connectivity index is 3.20. The number of hydrogen-bond donors (Lipinski definition) is 2. The summed E-state index contributed by atoms with van der Waals surface area (Å²) >= 11 is 0. The SMILES string of the molecule is CCC(C)(CO)NS(=O)(=O)c1cccnc1C#N. The van der Waals surface area contributed by atoms with Crippen molar-refractivity contribution in [2.45, 2.75) is 30.7 Å². The second-order valence-electron chi connectivity index (χ2n) is 4.14. The molecule has 18 heavy (non-hydrogen) atoms. The Morgan fingerprint density at radius 1 is 1.61 bits per heavy atom. The Labute approximate surface area is 106 Å². The molecule has 2 N–H and O–H groups in total. The number of nitrogens with one attached hydrogen (secondary N) is 1. The van der Waals surface area contributed by atoms with Crippen LogP contribution in [0.2, 0.25) is 0 Å². The summed E-state index contributed by atoms with van der Waals surface area (Å²) in [7, 11) is -3.88. The molecule has 0 bridgehead atoms. The molecule has 0 aromatic carbocycles. The largest absolute Gasteiger partial charge is 0.394 e. The van der Waals surface area contributed by atoms with Crippen molar-refractivity contribution >= 4 is 10.0 Å². The molecule has 0 radical (unpaired) electrons. The molecule has 1 heterocycles. The zero-order chi connectivity index (χ0) is 13.8. The highest BCUT2D eigenvalue weighted by Gasteiger charge is 2.30. The highest BCUT2D eigenvalue weighted by Crippen LogP contribution is 2.17. The molecule has 0 amide bonds. The summed E-state index contributed by atoms with van der Waals surface area (Å²) in [6.45, 7) is 3.02. The van der Waals surface area contributed by atoms with Crippen molar-refractivity contribution in [3.8, 4) is 6.07 Å². The van der Waals surface area contributed by atoms with Crippen LogP contribution in [-0.4, -0.2) is 30.7 Å². The maximum absolute atomic E-state index is 12.1. The number of rotatable bonds is 5. The lowest BCUT2D eigenvalue weighted by atomic mass is 10.0. The molecule has 6 nitrogen and oxygen atoms in total. The monoisotopic (exact) mass is 269 g/mol. The fraction of sp³-hybridized carbons (Fsp3) is 0.455. The normalized spacial score (nSPS) is 14.8. The summed E-state index contributed by atoms with van der Waals surface area (Å²) in [5, 5.41) is 18.1. The first-order valence-electron chi connectivity index (χ1n) is 5.38. The Kier molecular flexibility index (Phi) is 4.40. The molecule has 1 aromatic heterocycles. The first kappa shape index (κ1) is 14.6. The van der Waals surface area contributed by atoms with Crippen molar-refractivity contribution in [3.05, 3.63) is 24.0 Å². The van der Waals surface area contributed by atoms with Crippen molar-refractivity contribution in [3.63, 3.8) is 0 Å². The van der Waals surface area contributed by atoms with Crippen molar-refractivity contribution < 1.29 is 13.5 Å². The van der Waals surface area contributed by atoms with Crippen molar-refractivity contribution in [1.29, 1.82) is 5.26 Å². The van der Waals surface area contributed by atoms with E-state index in [2.05, 4.69) is 9.71 Å². The van der Waals surface area contributed by atoms with E-state index in [1.165, 1.54) is 18.3 Å². The van der Waals surface area contributed by atoms with E-state index >= 15 is 0 Å². The zero-order valence-electron chi connectivity index (χ0n) is 10.2. The van der Waals surface area contributed by atoms with Gasteiger partial charge in [-0.1, -0.05) is 6.92 Å². The predicted molar refractivity (Wildman–Crippen MR) is 65.1 cm³/mol. The molecule has 7 heteroatoms. The fourth-order valence-corrected chi connectivity index (χ4v) is 2.87. The van der Waals surface area contributed by atoms with Gasteiger partial charge in [0.25, 0.3) is 0 Å². The molecule has 1 aromatic rings. The van der Waals surface area contributed by atoms with Gasteiger partial charge in [0.1, 0.15) is 11.0 Å². The van der Waals surface area contributed by atoms with Crippen molar-refractivity contribution in [2.75, 3.05) is 6.61 Å². The maximum Gasteiger partial charge on any atom is 0.244 e. The van der Waals surface area contributed by atoms with E-state index in [1.807, 2.05) is 0 Å². The van der Waals surface area contributed by atoms with Gasteiger partial charge < -0.3 is 5.11 Å². The third-order valence-corrected chi connectivity index (χ3v) is 4.35. The van der Waals surface area contributed by atoms with Gasteiger partial charge in [-0.05, 0) is 25.5 Å². The molecular weight excluding hydrogens is 254 g/mol. The van der Waals surface area contributed by atoms with Crippen molar-refractivity contribution in [1.82, 2.24) is 9.71 Å². The van der Waals surface area contributed by atoms with E-state index in [0.717, 1.165) is 0 Å². The van der Waals surface area contributed by atoms with E-state index in [-0.39, 0.29) is 17.2 Å². The number of nitrogens with zero attached hydrogens (tertiary/aromatic N) is 2. The van der Waals surface area contributed by atoms with Gasteiger partial charge in [-0.2, -0.15) is 5.26 Å². The predicted octanol–water partition coefficient (Wildman–Crippen LogP) is 0.393. The summed E-state index contributed by atoms with van der Waals surface area (Å²) in [6.07, 6.45) is 1.77. The van der Waals surface area contributed by atoms with E-state index in [9.17, 15) is 13.5 Å². The molecular formula is C11H15N3O3S. The van der Waals surface area contributed by atoms with Crippen LogP contribution in [0.1, 0.15) is 26.0 Å². The Morgan fingerprint density at radius 3 is 2.78 bits per heavy atom. The minimum Gasteiger partial charge on any atom is -0.394 e. The zero-order valence-corrected chi connectivity index (χ0v) is 11.0. The third-order valence-electron chi connectivity index (χ3n) is 2.68. The first-order valence-corrected chi connectivity index (χ1v) is 6.87. The topological polar surface area (TPSA) is 103 Å². The van der Waals surface area contributed by atoms with Gasteiger partial charge in [-0.25, -0.2) is 18.1 Å². The van der Waals surface area contributed by atoms with Crippen LogP contribution < -0.4 is 4.72 Å². The summed E-state index contributed by atoms with van der Waals surface area (Å²) in [5.41, 5.74) is -1.12. The fourth-order valence-electron chi connectivity index (χ4n) is 1.29. The highest BCUT2D eigenvalue weighted by atomic mass is 32.2. The van der Waals surface area contributed by atoms with Crippen LogP contribution in [0.15, 0.2) is 23.2 Å². The second kappa shape index (κ2) is 5.44. The van der Waals surface area contributed by atoms with Gasteiger partial charge in [0.05, 0.1) is 12.1 Å². The third kappa shape index (κ3) is 3.04. The molecule has 0 saturated carbocycles. The number of aliphatic hydroxyl groups is 1. The van der Waals surface area contributed by atoms with Gasteiger partial charge in [0, 0.05) is 6.20 Å². The number of nitriles is 1. The summed E-state index contributed by atoms with van der Waals surface area (Å²) in [6, 6.07) is 4.48. The number of aliphatic hydroxyl groups excluding tert-OH is 1. The molecule has 0 aliphatic heterocycles. The molecule has 1 atom stereocenters. The molecule has 0 fully saturated rings. The minimum absolute atomic E-state index is 0.165. The van der Waals surface area contributed by atoms with Crippen LogP contribution in [-0.2, 0) is 10.0 Å². The lowest BCUT2D eigenvalue weighted by Crippen LogP contribution is -2.48. The van der Waals surface area contributed by atoms with Crippen LogP contribution in [0, 0.1) is 11.3 Å². The Hall–Kier alpha value is -1.49. The lowest BCUT2D eigenvalue weighted by molar-refractivity contribution is 0.191. The van der Waals surface area contributed by atoms with Crippen LogP contribution in [0.4, 0.5) is 0 Å². The Morgan fingerprint density at radius 2 is 2.28 bits per heavy atom. The van der Waals surface area contributed by atoms with Gasteiger partial charge in [-0.15, -0.1) is 0 Å². The number of aromatic nitrogens is 1. The standard InChI is InChI=1S/C11H15N3O3S/c1-3-11(2,8-15)14-18(16,17)10-5-4-6-13-9(10)7-12/h4-6,14-15H,3,8H2,1-2H3. The minimum atomic E-state index is -3.88. The molecule has 0 aliphatic rings. The van der Waals surface area contributed by atoms with Gasteiger partial charge in [-0.3, -0.25) is 0 Å². The molecule has 0 aliphatic carbocycles. The first-order chi connectivity index (χ1) is 8.38. The molecule has 1 rings (SSSR count). The molecule has 0 spiro atoms. The van der Waals surface area contributed by atoms with E-state index in [0.29, 0.717) is 6.42 Å². The van der Waals surface area contributed by atoms with E-state index in [1.54, 1.807) is 19.9 Å². The lowest BCUT2D eigenvalue weighted by Gasteiger charge is -2.26. The molecule has 1 unspecified atom stereocenters. The number of pyridine rings is 1. The summed E-state index contributed by atoms with van der Waals surface area (Å²) in [4.78, 5) is 3.52. The molecule has 98 valence electrons. The van der Waals surface area contributed by atoms with E-state index < -0.39 is 15.6 Å². The van der Waals surface area contributed by atoms with Crippen LogP contribution in [0.3, 0.4) is 0 Å². The van der Waals surface area contributed by atoms with Crippen molar-refractivity contribution in [2.24, 2.45) is 0 Å². The van der Waals surface area contributed by atoms with Crippen LogP contribution >= 0.6 is 0 Å². The second-order valence-corrected chi connectivity index (χ2v) is 5.79. The van der Waals surface area contributed by atoms with E-state index in [4.69, 9.17) is 5.26 Å². The average Bonchev–Trinajstić information content (AvgIpc) is 2.38. The maximum atomic E-state index is 12.1. The molecule has 0 saturated heterocycles. The number of hydrogen-bond acceptors (Lipinski definition) is 5. The van der Waals surface area contributed by atoms with Crippen LogP contribution in [0.5, 0.6) is 0 Å². The van der Waals surface area contributed by atoms with Crippen LogP contribution in [0.25, 0.3) is 0 Å². The van der Waals surface area contributed by atoms with Gasteiger partial charge in [0.2, 0.25) is 10.0 Å². The summed E-state index contributed by atoms with van der Waals surface area (Å²) in [5.74, 6) is 0. The van der Waals surface area contributed by atoms with Gasteiger partial charge in [0.15, 0.2) is 5.69 Å². The Bertz CT molecular complexity index is 559.